The van der Waals surface area contributed by atoms with Gasteiger partial charge >= 0.3 is 0 Å². The molecular weight excluding hydrogens is 330 g/mol. The van der Waals surface area contributed by atoms with E-state index in [0.29, 0.717) is 11.3 Å². The third kappa shape index (κ3) is 2.25. The van der Waals surface area contributed by atoms with Crippen molar-refractivity contribution in [2.45, 2.75) is 12.5 Å². The lowest BCUT2D eigenvalue weighted by Gasteiger charge is -2.08. The van der Waals surface area contributed by atoms with Crippen LogP contribution in [0.15, 0.2) is 17.6 Å². The van der Waals surface area contributed by atoms with Crippen LogP contribution in [0.2, 0.25) is 0 Å². The highest BCUT2D eigenvalue weighted by atomic mass is 32.2. The van der Waals surface area contributed by atoms with Gasteiger partial charge < -0.3 is 5.32 Å². The van der Waals surface area contributed by atoms with Crippen molar-refractivity contribution in [3.63, 3.8) is 0 Å². The second kappa shape index (κ2) is 4.52. The van der Waals surface area contributed by atoms with Crippen molar-refractivity contribution in [2.24, 2.45) is 0 Å². The van der Waals surface area contributed by atoms with Crippen molar-refractivity contribution < 1.29 is 13.2 Å². The molecule has 4 rings (SSSR count). The van der Waals surface area contributed by atoms with Gasteiger partial charge in [0.05, 0.1) is 21.9 Å². The van der Waals surface area contributed by atoms with Crippen LogP contribution in [0.3, 0.4) is 0 Å². The van der Waals surface area contributed by atoms with E-state index in [4.69, 9.17) is 0 Å². The van der Waals surface area contributed by atoms with E-state index < -0.39 is 9.84 Å². The summed E-state index contributed by atoms with van der Waals surface area (Å²) in [6.07, 6.45) is 2.42. The molecule has 3 aromatic rings. The Hall–Kier alpha value is -1.45. The third-order valence-corrected chi connectivity index (χ3v) is 7.07. The Balaban J connectivity index is 1.60. The van der Waals surface area contributed by atoms with Crippen LogP contribution in [0.1, 0.15) is 16.1 Å². The zero-order valence-corrected chi connectivity index (χ0v) is 13.2. The number of hydrogen-bond donors (Lipinski definition) is 1. The summed E-state index contributed by atoms with van der Waals surface area (Å²) in [5.74, 6) is -0.0240. The molecular formula is C12H11N3O3S3. The van der Waals surface area contributed by atoms with Crippen molar-refractivity contribution in [2.75, 3.05) is 11.5 Å². The number of hydrogen-bond acceptors (Lipinski definition) is 6. The Kier molecular flexibility index (Phi) is 2.85. The largest absolute Gasteiger partial charge is 0.348 e. The van der Waals surface area contributed by atoms with Crippen molar-refractivity contribution in [3.8, 4) is 0 Å². The molecule has 0 saturated carbocycles. The maximum Gasteiger partial charge on any atom is 0.261 e. The van der Waals surface area contributed by atoms with Gasteiger partial charge in [0.25, 0.3) is 5.91 Å². The number of sulfone groups is 1. The number of imidazole rings is 1. The van der Waals surface area contributed by atoms with Gasteiger partial charge in [0, 0.05) is 17.6 Å². The van der Waals surface area contributed by atoms with Crippen LogP contribution >= 0.6 is 22.7 Å². The number of carbonyl (C=O) groups is 1. The van der Waals surface area contributed by atoms with Crippen LogP contribution < -0.4 is 5.32 Å². The topological polar surface area (TPSA) is 80.5 Å². The zero-order chi connectivity index (χ0) is 14.6. The second-order valence-electron chi connectivity index (χ2n) is 5.04. The second-order valence-corrected chi connectivity index (χ2v) is 9.17. The number of aromatic nitrogens is 2. The number of rotatable bonds is 2. The summed E-state index contributed by atoms with van der Waals surface area (Å²) < 4.78 is 24.8. The molecule has 0 aliphatic carbocycles. The molecule has 1 saturated heterocycles. The fraction of sp³-hybridized carbons (Fsp3) is 0.333. The first-order valence-electron chi connectivity index (χ1n) is 6.38. The Morgan fingerprint density at radius 2 is 2.33 bits per heavy atom. The number of nitrogens with zero attached hydrogens (tertiary/aromatic N) is 2. The molecule has 1 fully saturated rings. The zero-order valence-electron chi connectivity index (χ0n) is 10.8. The Labute approximate surface area is 128 Å². The number of thiazole rings is 1. The van der Waals surface area contributed by atoms with Gasteiger partial charge in [-0.3, -0.25) is 9.20 Å². The van der Waals surface area contributed by atoms with Gasteiger partial charge in [-0.1, -0.05) is 0 Å². The number of fused-ring (bicyclic) bond motifs is 3. The van der Waals surface area contributed by atoms with Crippen LogP contribution in [0.5, 0.6) is 0 Å². The monoisotopic (exact) mass is 341 g/mol. The van der Waals surface area contributed by atoms with Crippen molar-refractivity contribution in [1.29, 1.82) is 0 Å². The molecule has 1 unspecified atom stereocenters. The molecule has 1 atom stereocenters. The van der Waals surface area contributed by atoms with Crippen LogP contribution in [-0.2, 0) is 9.84 Å². The summed E-state index contributed by atoms with van der Waals surface area (Å²) in [5, 5.41) is 4.75. The Morgan fingerprint density at radius 1 is 1.48 bits per heavy atom. The number of nitrogens with one attached hydrogen (secondary N) is 1. The molecule has 9 heteroatoms. The van der Waals surface area contributed by atoms with Gasteiger partial charge in [-0.15, -0.1) is 22.7 Å². The molecule has 6 nitrogen and oxygen atoms in total. The van der Waals surface area contributed by atoms with Gasteiger partial charge in [0.1, 0.15) is 4.83 Å². The maximum absolute atomic E-state index is 12.2. The highest BCUT2D eigenvalue weighted by Gasteiger charge is 2.29. The normalized spacial score (nSPS) is 21.2. The van der Waals surface area contributed by atoms with Gasteiger partial charge in [0.2, 0.25) is 0 Å². The summed E-state index contributed by atoms with van der Waals surface area (Å²) in [6.45, 7) is 0. The summed E-state index contributed by atoms with van der Waals surface area (Å²) in [5.41, 5.74) is 0.917. The van der Waals surface area contributed by atoms with Gasteiger partial charge in [-0.05, 0) is 12.5 Å². The third-order valence-electron chi connectivity index (χ3n) is 3.53. The molecule has 21 heavy (non-hydrogen) atoms. The molecule has 3 aromatic heterocycles. The van der Waals surface area contributed by atoms with E-state index in [-0.39, 0.29) is 23.5 Å². The fourth-order valence-corrected chi connectivity index (χ4v) is 5.90. The summed E-state index contributed by atoms with van der Waals surface area (Å²) in [7, 11) is -2.98. The molecule has 1 N–H and O–H groups in total. The van der Waals surface area contributed by atoms with Crippen molar-refractivity contribution in [1.82, 2.24) is 14.7 Å². The Bertz CT molecular complexity index is 950. The average Bonchev–Trinajstić information content (AvgIpc) is 3.10. The standard InChI is InChI=1S/C12H11N3O3S3/c16-10(13-7-1-4-21(17,18)6-7)9-5-8-11(20-9)14-12-15(8)2-3-19-12/h2-3,5,7H,1,4,6H2,(H,13,16). The fourth-order valence-electron chi connectivity index (χ4n) is 2.52. The van der Waals surface area contributed by atoms with Crippen LogP contribution in [0, 0.1) is 0 Å². The quantitative estimate of drug-likeness (QED) is 0.766. The summed E-state index contributed by atoms with van der Waals surface area (Å²) >= 11 is 2.88. The molecule has 0 aromatic carbocycles. The highest BCUT2D eigenvalue weighted by molar-refractivity contribution is 7.91. The first-order valence-corrected chi connectivity index (χ1v) is 9.90. The lowest BCUT2D eigenvalue weighted by molar-refractivity contribution is 0.0945. The molecule has 0 spiro atoms. The maximum atomic E-state index is 12.2. The number of carbonyl (C=O) groups excluding carboxylic acids is 1. The predicted octanol–water partition coefficient (Wildman–Crippen LogP) is 1.53. The number of thiophene rings is 1. The SMILES string of the molecule is O=C(NC1CCS(=O)(=O)C1)c1cc2c(nc3sccn32)s1. The van der Waals surface area contributed by atoms with Crippen LogP contribution in [-0.4, -0.2) is 41.3 Å². The van der Waals surface area contributed by atoms with E-state index in [1.807, 2.05) is 22.0 Å². The molecule has 110 valence electrons. The van der Waals surface area contributed by atoms with Crippen LogP contribution in [0.25, 0.3) is 15.3 Å². The van der Waals surface area contributed by atoms with Gasteiger partial charge in [-0.25, -0.2) is 13.4 Å². The Morgan fingerprint density at radius 3 is 3.10 bits per heavy atom. The molecule has 4 heterocycles. The molecule has 0 bridgehead atoms. The molecule has 1 aliphatic heterocycles. The average molecular weight is 341 g/mol. The number of amides is 1. The first kappa shape index (κ1) is 13.2. The van der Waals surface area contributed by atoms with E-state index in [2.05, 4.69) is 10.3 Å². The van der Waals surface area contributed by atoms with Gasteiger partial charge in [-0.2, -0.15) is 0 Å². The van der Waals surface area contributed by atoms with E-state index in [9.17, 15) is 13.2 Å². The predicted molar refractivity (Wildman–Crippen MR) is 83.0 cm³/mol. The van der Waals surface area contributed by atoms with E-state index in [1.165, 1.54) is 11.3 Å². The van der Waals surface area contributed by atoms with E-state index in [0.717, 1.165) is 15.3 Å². The van der Waals surface area contributed by atoms with Crippen molar-refractivity contribution >= 4 is 53.7 Å². The summed E-state index contributed by atoms with van der Waals surface area (Å²) in [4.78, 5) is 19.0. The van der Waals surface area contributed by atoms with E-state index in [1.54, 1.807) is 11.3 Å². The smallest absolute Gasteiger partial charge is 0.261 e. The molecule has 1 amide bonds. The summed E-state index contributed by atoms with van der Waals surface area (Å²) in [6, 6.07) is 1.53. The van der Waals surface area contributed by atoms with Crippen LogP contribution in [0.4, 0.5) is 0 Å². The lowest BCUT2D eigenvalue weighted by atomic mass is 10.2. The minimum absolute atomic E-state index is 0.0393. The first-order chi connectivity index (χ1) is 10.0. The molecule has 1 aliphatic rings. The van der Waals surface area contributed by atoms with Crippen molar-refractivity contribution in [3.05, 3.63) is 22.5 Å². The lowest BCUT2D eigenvalue weighted by Crippen LogP contribution is -2.35. The highest BCUT2D eigenvalue weighted by Crippen LogP contribution is 2.28. The van der Waals surface area contributed by atoms with Gasteiger partial charge in [0.15, 0.2) is 14.8 Å². The molecule has 0 radical (unpaired) electrons. The minimum Gasteiger partial charge on any atom is -0.348 e. The minimum atomic E-state index is -2.98. The van der Waals surface area contributed by atoms with E-state index >= 15 is 0 Å².